The molecular weight excluding hydrogens is 398 g/mol. The minimum absolute atomic E-state index is 0.159. The molecule has 0 aliphatic carbocycles. The molecule has 1 atom stereocenters. The number of ether oxygens (including phenoxy) is 1. The summed E-state index contributed by atoms with van der Waals surface area (Å²) in [4.78, 5) is 30.1. The molecule has 0 bridgehead atoms. The summed E-state index contributed by atoms with van der Waals surface area (Å²) in [5.41, 5.74) is 1.77. The summed E-state index contributed by atoms with van der Waals surface area (Å²) in [6, 6.07) is 10.5. The van der Waals surface area contributed by atoms with Gasteiger partial charge in [0.15, 0.2) is 5.16 Å². The zero-order chi connectivity index (χ0) is 20.4. The van der Waals surface area contributed by atoms with Gasteiger partial charge in [0.2, 0.25) is 5.91 Å². The highest BCUT2D eigenvalue weighted by Gasteiger charge is 2.21. The lowest BCUT2D eigenvalue weighted by atomic mass is 10.2. The van der Waals surface area contributed by atoms with E-state index in [-0.39, 0.29) is 11.5 Å². The van der Waals surface area contributed by atoms with Gasteiger partial charge < -0.3 is 10.1 Å². The fourth-order valence-electron chi connectivity index (χ4n) is 2.82. The number of aryl methyl sites for hydroxylation is 1. The molecule has 0 spiro atoms. The average molecular weight is 418 g/mol. The maximum absolute atomic E-state index is 13.4. The number of nitrogens with zero attached hydrogens (tertiary/aromatic N) is 2. The van der Waals surface area contributed by atoms with Gasteiger partial charge in [-0.25, -0.2) is 4.98 Å². The molecule has 0 unspecified atom stereocenters. The van der Waals surface area contributed by atoms with Crippen molar-refractivity contribution in [2.75, 3.05) is 14.2 Å². The third-order valence-electron chi connectivity index (χ3n) is 4.27. The zero-order valence-electron chi connectivity index (χ0n) is 15.9. The van der Waals surface area contributed by atoms with Gasteiger partial charge in [-0.05, 0) is 49.7 Å². The summed E-state index contributed by atoms with van der Waals surface area (Å²) in [5.74, 6) is 0.380. The number of hydrogen-bond acceptors (Lipinski definition) is 5. The molecule has 1 aromatic heterocycles. The topological polar surface area (TPSA) is 73.2 Å². The highest BCUT2D eigenvalue weighted by Crippen LogP contribution is 2.30. The van der Waals surface area contributed by atoms with E-state index in [1.54, 1.807) is 45.3 Å². The van der Waals surface area contributed by atoms with Gasteiger partial charge >= 0.3 is 0 Å². The van der Waals surface area contributed by atoms with E-state index in [1.807, 2.05) is 19.1 Å². The predicted molar refractivity (Wildman–Crippen MR) is 113 cm³/mol. The van der Waals surface area contributed by atoms with Crippen LogP contribution >= 0.6 is 23.4 Å². The second kappa shape index (κ2) is 8.24. The summed E-state index contributed by atoms with van der Waals surface area (Å²) in [6.07, 6.45) is 0. The molecule has 0 aliphatic heterocycles. The minimum Gasteiger partial charge on any atom is -0.495 e. The molecule has 0 saturated carbocycles. The molecule has 146 valence electrons. The summed E-state index contributed by atoms with van der Waals surface area (Å²) in [5, 5.41) is 3.48. The van der Waals surface area contributed by atoms with Gasteiger partial charge in [-0.2, -0.15) is 0 Å². The number of carbonyl (C=O) groups is 1. The van der Waals surface area contributed by atoms with Crippen LogP contribution in [-0.4, -0.2) is 34.9 Å². The Bertz CT molecular complexity index is 1110. The number of thioether (sulfide) groups is 1. The van der Waals surface area contributed by atoms with Crippen LogP contribution in [0.5, 0.6) is 5.75 Å². The van der Waals surface area contributed by atoms with Crippen molar-refractivity contribution in [1.29, 1.82) is 0 Å². The molecule has 1 N–H and O–H groups in total. The Morgan fingerprint density at radius 1 is 1.29 bits per heavy atom. The average Bonchev–Trinajstić information content (AvgIpc) is 2.67. The smallest absolute Gasteiger partial charge is 0.266 e. The largest absolute Gasteiger partial charge is 0.495 e. The van der Waals surface area contributed by atoms with Crippen LogP contribution in [0.1, 0.15) is 12.5 Å². The highest BCUT2D eigenvalue weighted by molar-refractivity contribution is 8.00. The molecule has 0 saturated heterocycles. The quantitative estimate of drug-likeness (QED) is 0.507. The molecule has 28 heavy (non-hydrogen) atoms. The number of hydrogen-bond donors (Lipinski definition) is 1. The first kappa shape index (κ1) is 20.2. The first-order chi connectivity index (χ1) is 13.3. The van der Waals surface area contributed by atoms with Gasteiger partial charge in [0.05, 0.1) is 29.0 Å². The van der Waals surface area contributed by atoms with Crippen LogP contribution in [0.3, 0.4) is 0 Å². The summed E-state index contributed by atoms with van der Waals surface area (Å²) < 4.78 is 6.96. The van der Waals surface area contributed by atoms with Gasteiger partial charge in [-0.1, -0.05) is 29.4 Å². The minimum atomic E-state index is -0.449. The van der Waals surface area contributed by atoms with Crippen molar-refractivity contribution >= 4 is 40.2 Å². The number of benzene rings is 2. The van der Waals surface area contributed by atoms with E-state index in [0.29, 0.717) is 32.5 Å². The van der Waals surface area contributed by atoms with Gasteiger partial charge in [-0.15, -0.1) is 0 Å². The number of halogens is 1. The van der Waals surface area contributed by atoms with Gasteiger partial charge in [0.1, 0.15) is 5.75 Å². The Hall–Kier alpha value is -2.51. The number of rotatable bonds is 5. The molecule has 0 radical (unpaired) electrons. The van der Waals surface area contributed by atoms with Crippen LogP contribution in [0, 0.1) is 6.92 Å². The van der Waals surface area contributed by atoms with Crippen molar-refractivity contribution in [3.8, 4) is 11.4 Å². The van der Waals surface area contributed by atoms with Crippen LogP contribution in [0.25, 0.3) is 16.6 Å². The van der Waals surface area contributed by atoms with E-state index in [9.17, 15) is 9.59 Å². The van der Waals surface area contributed by atoms with Crippen LogP contribution < -0.4 is 15.6 Å². The van der Waals surface area contributed by atoms with Crippen LogP contribution in [0.15, 0.2) is 46.3 Å². The van der Waals surface area contributed by atoms with E-state index in [1.165, 1.54) is 16.3 Å². The predicted octanol–water partition coefficient (Wildman–Crippen LogP) is 3.58. The van der Waals surface area contributed by atoms with Crippen LogP contribution in [0.2, 0.25) is 5.02 Å². The van der Waals surface area contributed by atoms with Gasteiger partial charge in [-0.3, -0.25) is 14.2 Å². The molecule has 2 aromatic carbocycles. The summed E-state index contributed by atoms with van der Waals surface area (Å²) in [6.45, 7) is 3.69. The number of aromatic nitrogens is 2. The van der Waals surface area contributed by atoms with Crippen molar-refractivity contribution in [2.45, 2.75) is 24.3 Å². The van der Waals surface area contributed by atoms with E-state index in [0.717, 1.165) is 5.56 Å². The number of carbonyl (C=O) groups excluding carboxylic acids is 1. The zero-order valence-corrected chi connectivity index (χ0v) is 17.5. The van der Waals surface area contributed by atoms with Crippen LogP contribution in [-0.2, 0) is 4.79 Å². The van der Waals surface area contributed by atoms with E-state index in [4.69, 9.17) is 16.3 Å². The monoisotopic (exact) mass is 417 g/mol. The number of fused-ring (bicyclic) bond motifs is 1. The normalized spacial score (nSPS) is 12.0. The Kier molecular flexibility index (Phi) is 5.96. The fraction of sp³-hybridized carbons (Fsp3) is 0.250. The number of nitrogens with one attached hydrogen (secondary N) is 1. The third kappa shape index (κ3) is 3.86. The Labute approximate surface area is 171 Å². The third-order valence-corrected chi connectivity index (χ3v) is 5.56. The Morgan fingerprint density at radius 2 is 2.04 bits per heavy atom. The Balaban J connectivity index is 2.33. The molecule has 3 rings (SSSR count). The Morgan fingerprint density at radius 3 is 2.71 bits per heavy atom. The van der Waals surface area contributed by atoms with E-state index >= 15 is 0 Å². The lowest BCUT2D eigenvalue weighted by molar-refractivity contribution is -0.119. The maximum atomic E-state index is 13.4. The van der Waals surface area contributed by atoms with Crippen LogP contribution in [0.4, 0.5) is 0 Å². The lowest BCUT2D eigenvalue weighted by Crippen LogP contribution is -2.29. The second-order valence-corrected chi connectivity index (χ2v) is 7.99. The summed E-state index contributed by atoms with van der Waals surface area (Å²) in [7, 11) is 3.12. The molecule has 1 amide bonds. The highest BCUT2D eigenvalue weighted by atomic mass is 35.5. The molecule has 8 heteroatoms. The van der Waals surface area contributed by atoms with Crippen molar-refractivity contribution in [1.82, 2.24) is 14.9 Å². The molecule has 0 fully saturated rings. The molecule has 1 heterocycles. The standard InChI is InChI=1S/C20H20ClN3O3S/c1-11-5-8-17(27-4)16(9-11)24-19(26)14-7-6-13(21)10-15(14)23-20(24)28-12(2)18(25)22-3/h5-10,12H,1-4H3,(H,22,25)/t12-/m0/s1. The lowest BCUT2D eigenvalue weighted by Gasteiger charge is -2.18. The SMILES string of the molecule is CNC(=O)[C@H](C)Sc1nc2cc(Cl)ccc2c(=O)n1-c1cc(C)ccc1OC. The molecule has 0 aliphatic rings. The van der Waals surface area contributed by atoms with Crippen molar-refractivity contribution in [3.63, 3.8) is 0 Å². The second-order valence-electron chi connectivity index (χ2n) is 6.25. The van der Waals surface area contributed by atoms with Crippen molar-refractivity contribution in [3.05, 3.63) is 57.3 Å². The number of amides is 1. The fourth-order valence-corrected chi connectivity index (χ4v) is 3.96. The van der Waals surface area contributed by atoms with E-state index < -0.39 is 5.25 Å². The van der Waals surface area contributed by atoms with Crippen molar-refractivity contribution < 1.29 is 9.53 Å². The van der Waals surface area contributed by atoms with E-state index in [2.05, 4.69) is 10.3 Å². The first-order valence-corrected chi connectivity index (χ1v) is 9.87. The van der Waals surface area contributed by atoms with Gasteiger partial charge in [0, 0.05) is 12.1 Å². The van der Waals surface area contributed by atoms with Gasteiger partial charge in [0.25, 0.3) is 5.56 Å². The summed E-state index contributed by atoms with van der Waals surface area (Å²) >= 11 is 7.29. The molecular formula is C20H20ClN3O3S. The maximum Gasteiger partial charge on any atom is 0.266 e. The number of methoxy groups -OCH3 is 1. The molecule has 6 nitrogen and oxygen atoms in total. The first-order valence-electron chi connectivity index (χ1n) is 8.61. The molecule has 3 aromatic rings. The van der Waals surface area contributed by atoms with Crippen molar-refractivity contribution in [2.24, 2.45) is 0 Å².